The summed E-state index contributed by atoms with van der Waals surface area (Å²) in [5.41, 5.74) is 3.05. The van der Waals surface area contributed by atoms with Gasteiger partial charge in [-0.3, -0.25) is 0 Å². The molecular weight excluding hydrogens is 320 g/mol. The standard InChI is InChI=1S/C23H36N2O/c1-25-14-5-8-20(25)12-15-26-21-10-9-19-11-13-24-23(22(19)17-21)16-18-6-3-2-4-7-18/h9-10,17-18,20,23-24H,2-8,11-16H2,1H3/t20-,23?/m1/s1. The van der Waals surface area contributed by atoms with Gasteiger partial charge in [0.1, 0.15) is 5.75 Å². The third kappa shape index (κ3) is 4.43. The van der Waals surface area contributed by atoms with Crippen LogP contribution in [0.5, 0.6) is 5.75 Å². The van der Waals surface area contributed by atoms with Gasteiger partial charge in [0.15, 0.2) is 0 Å². The number of hydrogen-bond donors (Lipinski definition) is 1. The van der Waals surface area contributed by atoms with Crippen LogP contribution in [0, 0.1) is 5.92 Å². The molecule has 1 aromatic carbocycles. The zero-order valence-corrected chi connectivity index (χ0v) is 16.5. The minimum atomic E-state index is 0.534. The smallest absolute Gasteiger partial charge is 0.119 e. The van der Waals surface area contributed by atoms with Gasteiger partial charge in [-0.25, -0.2) is 0 Å². The molecule has 0 bridgehead atoms. The highest BCUT2D eigenvalue weighted by Gasteiger charge is 2.25. The highest BCUT2D eigenvalue weighted by molar-refractivity contribution is 5.39. The van der Waals surface area contributed by atoms with Crippen molar-refractivity contribution < 1.29 is 4.74 Å². The van der Waals surface area contributed by atoms with Gasteiger partial charge in [0.05, 0.1) is 6.61 Å². The summed E-state index contributed by atoms with van der Waals surface area (Å²) in [6.07, 6.45) is 13.5. The van der Waals surface area contributed by atoms with Crippen molar-refractivity contribution in [2.24, 2.45) is 5.92 Å². The maximum absolute atomic E-state index is 6.17. The second-order valence-electron chi connectivity index (χ2n) is 8.77. The average molecular weight is 357 g/mol. The number of hydrogen-bond acceptors (Lipinski definition) is 3. The van der Waals surface area contributed by atoms with Gasteiger partial charge in [-0.2, -0.15) is 0 Å². The molecule has 2 atom stereocenters. The fourth-order valence-corrected chi connectivity index (χ4v) is 5.33. The predicted molar refractivity (Wildman–Crippen MR) is 108 cm³/mol. The summed E-state index contributed by atoms with van der Waals surface area (Å²) >= 11 is 0. The van der Waals surface area contributed by atoms with E-state index in [0.29, 0.717) is 12.1 Å². The van der Waals surface area contributed by atoms with E-state index in [-0.39, 0.29) is 0 Å². The lowest BCUT2D eigenvalue weighted by molar-refractivity contribution is 0.233. The van der Waals surface area contributed by atoms with Crippen molar-refractivity contribution in [3.05, 3.63) is 29.3 Å². The Kier molecular flexibility index (Phi) is 6.16. The van der Waals surface area contributed by atoms with Gasteiger partial charge in [0.25, 0.3) is 0 Å². The first-order valence-electron chi connectivity index (χ1n) is 11.0. The number of benzene rings is 1. The molecule has 2 heterocycles. The Balaban J connectivity index is 1.36. The zero-order valence-electron chi connectivity index (χ0n) is 16.5. The largest absolute Gasteiger partial charge is 0.494 e. The Morgan fingerprint density at radius 3 is 2.81 bits per heavy atom. The second-order valence-corrected chi connectivity index (χ2v) is 8.77. The van der Waals surface area contributed by atoms with E-state index in [0.717, 1.165) is 37.7 Å². The van der Waals surface area contributed by atoms with Gasteiger partial charge in [-0.05, 0) is 81.4 Å². The van der Waals surface area contributed by atoms with Crippen LogP contribution in [0.15, 0.2) is 18.2 Å². The Morgan fingerprint density at radius 1 is 1.12 bits per heavy atom. The number of nitrogens with zero attached hydrogens (tertiary/aromatic N) is 1. The highest BCUT2D eigenvalue weighted by Crippen LogP contribution is 2.36. The molecule has 0 aromatic heterocycles. The number of rotatable bonds is 6. The first-order valence-corrected chi connectivity index (χ1v) is 11.0. The third-order valence-corrected chi connectivity index (χ3v) is 6.96. The minimum absolute atomic E-state index is 0.534. The van der Waals surface area contributed by atoms with Crippen LogP contribution in [-0.4, -0.2) is 37.7 Å². The normalized spacial score (nSPS) is 27.4. The second kappa shape index (κ2) is 8.75. The fraction of sp³-hybridized carbons (Fsp3) is 0.739. The topological polar surface area (TPSA) is 24.5 Å². The molecule has 0 spiro atoms. The van der Waals surface area contributed by atoms with Gasteiger partial charge in [0.2, 0.25) is 0 Å². The van der Waals surface area contributed by atoms with Crippen molar-refractivity contribution in [2.45, 2.75) is 76.3 Å². The molecule has 3 heteroatoms. The lowest BCUT2D eigenvalue weighted by Crippen LogP contribution is -2.31. The SMILES string of the molecule is CN1CCC[C@@H]1CCOc1ccc2c(c1)C(CC1CCCCC1)NCC2. The molecular formula is C23H36N2O. The Bertz CT molecular complexity index is 582. The molecule has 2 fully saturated rings. The fourth-order valence-electron chi connectivity index (χ4n) is 5.33. The van der Waals surface area contributed by atoms with Gasteiger partial charge in [-0.15, -0.1) is 0 Å². The van der Waals surface area contributed by atoms with Crippen LogP contribution in [0.4, 0.5) is 0 Å². The number of nitrogens with one attached hydrogen (secondary N) is 1. The monoisotopic (exact) mass is 356 g/mol. The van der Waals surface area contributed by atoms with Crippen molar-refractivity contribution in [3.8, 4) is 5.75 Å². The van der Waals surface area contributed by atoms with Crippen molar-refractivity contribution in [1.82, 2.24) is 10.2 Å². The molecule has 1 aliphatic carbocycles. The van der Waals surface area contributed by atoms with Crippen molar-refractivity contribution in [1.29, 1.82) is 0 Å². The number of likely N-dealkylation sites (tertiary alicyclic amines) is 1. The quantitative estimate of drug-likeness (QED) is 0.799. The van der Waals surface area contributed by atoms with E-state index in [1.54, 1.807) is 0 Å². The van der Waals surface area contributed by atoms with Gasteiger partial charge in [0, 0.05) is 12.1 Å². The lowest BCUT2D eigenvalue weighted by Gasteiger charge is -2.32. The molecule has 1 N–H and O–H groups in total. The lowest BCUT2D eigenvalue weighted by atomic mass is 9.81. The molecule has 2 aliphatic heterocycles. The average Bonchev–Trinajstić information content (AvgIpc) is 3.08. The van der Waals surface area contributed by atoms with E-state index in [4.69, 9.17) is 4.74 Å². The Morgan fingerprint density at radius 2 is 2.00 bits per heavy atom. The summed E-state index contributed by atoms with van der Waals surface area (Å²) in [5, 5.41) is 3.79. The molecule has 1 unspecified atom stereocenters. The van der Waals surface area contributed by atoms with E-state index in [2.05, 4.69) is 35.5 Å². The zero-order chi connectivity index (χ0) is 17.8. The summed E-state index contributed by atoms with van der Waals surface area (Å²) in [6.45, 7) is 3.21. The van der Waals surface area contributed by atoms with Crippen LogP contribution in [0.1, 0.15) is 75.0 Å². The summed E-state index contributed by atoms with van der Waals surface area (Å²) in [7, 11) is 2.25. The van der Waals surface area contributed by atoms with Gasteiger partial charge < -0.3 is 15.0 Å². The Hall–Kier alpha value is -1.06. The predicted octanol–water partition coefficient (Wildman–Crippen LogP) is 4.71. The van der Waals surface area contributed by atoms with Crippen LogP contribution in [0.3, 0.4) is 0 Å². The van der Waals surface area contributed by atoms with Crippen molar-refractivity contribution >= 4 is 0 Å². The Labute approximate surface area is 159 Å². The first kappa shape index (κ1) is 18.3. The molecule has 1 saturated carbocycles. The van der Waals surface area contributed by atoms with Crippen LogP contribution in [-0.2, 0) is 6.42 Å². The summed E-state index contributed by atoms with van der Waals surface area (Å²) in [6, 6.07) is 8.11. The van der Waals surface area contributed by atoms with E-state index in [1.807, 2.05) is 0 Å². The maximum Gasteiger partial charge on any atom is 0.119 e. The third-order valence-electron chi connectivity index (χ3n) is 6.96. The molecule has 1 aromatic rings. The molecule has 3 nitrogen and oxygen atoms in total. The number of fused-ring (bicyclic) bond motifs is 1. The van der Waals surface area contributed by atoms with Crippen LogP contribution >= 0.6 is 0 Å². The molecule has 4 rings (SSSR count). The molecule has 144 valence electrons. The van der Waals surface area contributed by atoms with Gasteiger partial charge >= 0.3 is 0 Å². The molecule has 3 aliphatic rings. The summed E-state index contributed by atoms with van der Waals surface area (Å²) in [4.78, 5) is 2.49. The van der Waals surface area contributed by atoms with Crippen molar-refractivity contribution in [2.75, 3.05) is 26.7 Å². The molecule has 26 heavy (non-hydrogen) atoms. The molecule has 0 radical (unpaired) electrons. The van der Waals surface area contributed by atoms with Gasteiger partial charge in [-0.1, -0.05) is 38.2 Å². The molecule has 0 amide bonds. The van der Waals surface area contributed by atoms with E-state index in [1.165, 1.54) is 69.0 Å². The van der Waals surface area contributed by atoms with Crippen LogP contribution in [0.25, 0.3) is 0 Å². The highest BCUT2D eigenvalue weighted by atomic mass is 16.5. The first-order chi connectivity index (χ1) is 12.8. The van der Waals surface area contributed by atoms with Crippen LogP contribution < -0.4 is 10.1 Å². The van der Waals surface area contributed by atoms with E-state index >= 15 is 0 Å². The van der Waals surface area contributed by atoms with E-state index < -0.39 is 0 Å². The molecule has 1 saturated heterocycles. The maximum atomic E-state index is 6.17. The number of ether oxygens (including phenoxy) is 1. The van der Waals surface area contributed by atoms with Crippen LogP contribution in [0.2, 0.25) is 0 Å². The van der Waals surface area contributed by atoms with E-state index in [9.17, 15) is 0 Å². The summed E-state index contributed by atoms with van der Waals surface area (Å²) < 4.78 is 6.17. The summed E-state index contributed by atoms with van der Waals surface area (Å²) in [5.74, 6) is 1.98. The minimum Gasteiger partial charge on any atom is -0.494 e. The van der Waals surface area contributed by atoms with Crippen molar-refractivity contribution in [3.63, 3.8) is 0 Å².